The molecule has 0 radical (unpaired) electrons. The van der Waals surface area contributed by atoms with Crippen LogP contribution in [0.4, 0.5) is 0 Å². The van der Waals surface area contributed by atoms with Crippen molar-refractivity contribution in [2.75, 3.05) is 20.3 Å². The fourth-order valence-corrected chi connectivity index (χ4v) is 1.27. The number of hydrogen-bond acceptors (Lipinski definition) is 7. The van der Waals surface area contributed by atoms with Gasteiger partial charge < -0.3 is 24.4 Å². The molecule has 0 aliphatic carbocycles. The number of carboxylic acid groups (broad SMARTS) is 1. The topological polar surface area (TPSA) is 119 Å². The number of unbranched alkanes of at least 4 members (excludes halogenated alkanes) is 1. The van der Waals surface area contributed by atoms with E-state index in [-0.39, 0.29) is 17.8 Å². The van der Waals surface area contributed by atoms with Gasteiger partial charge in [0, 0.05) is 0 Å². The summed E-state index contributed by atoms with van der Waals surface area (Å²) in [7, 11) is 1.39. The van der Waals surface area contributed by atoms with E-state index in [9.17, 15) is 14.4 Å². The molecule has 0 aromatic heterocycles. The van der Waals surface area contributed by atoms with Gasteiger partial charge in [-0.2, -0.15) is 0 Å². The van der Waals surface area contributed by atoms with E-state index in [1.807, 2.05) is 6.92 Å². The third-order valence-corrected chi connectivity index (χ3v) is 2.66. The zero-order chi connectivity index (χ0) is 19.1. The number of aliphatic hydroxyl groups is 1. The second-order valence-corrected chi connectivity index (χ2v) is 4.73. The Morgan fingerprint density at radius 1 is 1.12 bits per heavy atom. The lowest BCUT2D eigenvalue weighted by Crippen LogP contribution is -2.18. The summed E-state index contributed by atoms with van der Waals surface area (Å²) in [4.78, 5) is 32.4. The first-order valence-corrected chi connectivity index (χ1v) is 7.68. The van der Waals surface area contributed by atoms with E-state index in [1.165, 1.54) is 14.0 Å². The zero-order valence-electron chi connectivity index (χ0n) is 15.0. The fraction of sp³-hybridized carbons (Fsp3) is 0.688. The molecule has 0 aliphatic heterocycles. The number of aliphatic hydroxyl groups excluding tert-OH is 1. The van der Waals surface area contributed by atoms with Crippen molar-refractivity contribution in [3.05, 3.63) is 11.3 Å². The summed E-state index contributed by atoms with van der Waals surface area (Å²) in [6, 6.07) is 0. The molecule has 0 amide bonds. The van der Waals surface area contributed by atoms with Crippen LogP contribution < -0.4 is 0 Å². The summed E-state index contributed by atoms with van der Waals surface area (Å²) in [5.41, 5.74) is 0.0612. The normalized spacial score (nSPS) is 12.1. The van der Waals surface area contributed by atoms with Gasteiger partial charge in [0.15, 0.2) is 0 Å². The van der Waals surface area contributed by atoms with Gasteiger partial charge in [-0.15, -0.1) is 0 Å². The molecule has 8 nitrogen and oxygen atoms in total. The lowest BCUT2D eigenvalue weighted by Gasteiger charge is -2.09. The third kappa shape index (κ3) is 12.5. The Balaban J connectivity index is 0. The number of carbonyl (C=O) groups is 3. The Morgan fingerprint density at radius 2 is 1.71 bits per heavy atom. The number of rotatable bonds is 9. The van der Waals surface area contributed by atoms with Gasteiger partial charge in [-0.05, 0) is 27.2 Å². The van der Waals surface area contributed by atoms with Crippen LogP contribution in [0.25, 0.3) is 0 Å². The number of methoxy groups -OCH3 is 1. The second kappa shape index (κ2) is 14.5. The average molecular weight is 348 g/mol. The van der Waals surface area contributed by atoms with E-state index in [4.69, 9.17) is 19.7 Å². The smallest absolute Gasteiger partial charge is 0.338 e. The minimum atomic E-state index is -1.08. The van der Waals surface area contributed by atoms with Gasteiger partial charge in [0.2, 0.25) is 0 Å². The maximum atomic E-state index is 11.5. The zero-order valence-corrected chi connectivity index (χ0v) is 15.0. The monoisotopic (exact) mass is 348 g/mol. The van der Waals surface area contributed by atoms with Crippen LogP contribution in [-0.4, -0.2) is 54.5 Å². The van der Waals surface area contributed by atoms with Crippen LogP contribution in [0, 0.1) is 0 Å². The Morgan fingerprint density at radius 3 is 2.04 bits per heavy atom. The number of carboxylic acids is 1. The van der Waals surface area contributed by atoms with Crippen LogP contribution in [0.5, 0.6) is 0 Å². The minimum absolute atomic E-state index is 0.0612. The predicted molar refractivity (Wildman–Crippen MR) is 86.1 cm³/mol. The molecule has 0 fully saturated rings. The molecule has 0 heterocycles. The molecule has 0 saturated carbocycles. The van der Waals surface area contributed by atoms with Crippen LogP contribution in [0.2, 0.25) is 0 Å². The van der Waals surface area contributed by atoms with E-state index < -0.39 is 24.0 Å². The van der Waals surface area contributed by atoms with Crippen molar-refractivity contribution in [3.63, 3.8) is 0 Å². The van der Waals surface area contributed by atoms with Gasteiger partial charge in [-0.3, -0.25) is 4.79 Å². The molecule has 0 rings (SSSR count). The molecular weight excluding hydrogens is 320 g/mol. The lowest BCUT2D eigenvalue weighted by atomic mass is 10.1. The van der Waals surface area contributed by atoms with Gasteiger partial charge in [-0.25, -0.2) is 9.59 Å². The second-order valence-electron chi connectivity index (χ2n) is 4.73. The highest BCUT2D eigenvalue weighted by Gasteiger charge is 2.18. The van der Waals surface area contributed by atoms with Crippen LogP contribution in [-0.2, 0) is 28.6 Å². The predicted octanol–water partition coefficient (Wildman–Crippen LogP) is 1.66. The molecule has 140 valence electrons. The quantitative estimate of drug-likeness (QED) is 0.279. The molecule has 2 N–H and O–H groups in total. The molecule has 24 heavy (non-hydrogen) atoms. The Labute approximate surface area is 142 Å². The van der Waals surface area contributed by atoms with Crippen molar-refractivity contribution in [1.29, 1.82) is 0 Å². The number of carbonyl (C=O) groups excluding carboxylic acids is 2. The van der Waals surface area contributed by atoms with E-state index in [0.29, 0.717) is 13.2 Å². The van der Waals surface area contributed by atoms with Crippen molar-refractivity contribution in [2.45, 2.75) is 53.1 Å². The summed E-state index contributed by atoms with van der Waals surface area (Å²) in [6.07, 6.45) is 0.298. The Kier molecular flexibility index (Phi) is 14.6. The van der Waals surface area contributed by atoms with Gasteiger partial charge >= 0.3 is 17.9 Å². The van der Waals surface area contributed by atoms with Crippen LogP contribution >= 0.6 is 0 Å². The number of allylic oxidation sites excluding steroid dienone is 1. The molecule has 1 atom stereocenters. The molecular formula is C16H28O8. The van der Waals surface area contributed by atoms with E-state index in [0.717, 1.165) is 12.8 Å². The van der Waals surface area contributed by atoms with Gasteiger partial charge in [-0.1, -0.05) is 13.3 Å². The minimum Gasteiger partial charge on any atom is -0.501 e. The van der Waals surface area contributed by atoms with Crippen molar-refractivity contribution >= 4 is 17.9 Å². The first-order valence-electron chi connectivity index (χ1n) is 7.68. The van der Waals surface area contributed by atoms with Crippen molar-refractivity contribution in [3.8, 4) is 0 Å². The summed E-state index contributed by atoms with van der Waals surface area (Å²) >= 11 is 0. The standard InChI is InChI=1S/C11H18O5.C5H10O3/c1-4-5-6-16-11(14)9(7-10(12)13)8(2)15-3;1-3-8-5(7)4(2)6/h4-7H2,1-3H3,(H,12,13);4,6H,3H2,1-2H3. The Hall–Kier alpha value is -2.09. The number of aliphatic carboxylic acids is 1. The molecule has 0 spiro atoms. The summed E-state index contributed by atoms with van der Waals surface area (Å²) < 4.78 is 14.2. The van der Waals surface area contributed by atoms with Gasteiger partial charge in [0.05, 0.1) is 32.3 Å². The summed E-state index contributed by atoms with van der Waals surface area (Å²) in [6.45, 7) is 7.21. The summed E-state index contributed by atoms with van der Waals surface area (Å²) in [5, 5.41) is 17.1. The molecule has 0 aromatic rings. The summed E-state index contributed by atoms with van der Waals surface area (Å²) in [5.74, 6) is -1.98. The highest BCUT2D eigenvalue weighted by molar-refractivity contribution is 5.93. The average Bonchev–Trinajstić information content (AvgIpc) is 2.52. The molecule has 0 aromatic carbocycles. The van der Waals surface area contributed by atoms with Crippen LogP contribution in [0.15, 0.2) is 11.3 Å². The largest absolute Gasteiger partial charge is 0.501 e. The lowest BCUT2D eigenvalue weighted by molar-refractivity contribution is -0.151. The van der Waals surface area contributed by atoms with Crippen molar-refractivity contribution < 1.29 is 38.8 Å². The molecule has 8 heteroatoms. The van der Waals surface area contributed by atoms with Gasteiger partial charge in [0.25, 0.3) is 0 Å². The number of esters is 2. The van der Waals surface area contributed by atoms with Crippen LogP contribution in [0.3, 0.4) is 0 Å². The maximum Gasteiger partial charge on any atom is 0.338 e. The SMILES string of the molecule is CCCCOC(=O)C(CC(=O)O)=C(C)OC.CCOC(=O)C(C)O. The molecule has 1 unspecified atom stereocenters. The fourth-order valence-electron chi connectivity index (χ4n) is 1.27. The van der Waals surface area contributed by atoms with Crippen molar-refractivity contribution in [1.82, 2.24) is 0 Å². The highest BCUT2D eigenvalue weighted by atomic mass is 16.5. The van der Waals surface area contributed by atoms with E-state index in [2.05, 4.69) is 4.74 Å². The first kappa shape index (κ1) is 24.2. The molecule has 0 aliphatic rings. The molecule has 0 bridgehead atoms. The highest BCUT2D eigenvalue weighted by Crippen LogP contribution is 2.12. The molecule has 0 saturated heterocycles. The maximum absolute atomic E-state index is 11.5. The van der Waals surface area contributed by atoms with Crippen molar-refractivity contribution in [2.24, 2.45) is 0 Å². The van der Waals surface area contributed by atoms with Gasteiger partial charge in [0.1, 0.15) is 11.9 Å². The van der Waals surface area contributed by atoms with E-state index >= 15 is 0 Å². The Bertz CT molecular complexity index is 426. The third-order valence-electron chi connectivity index (χ3n) is 2.66. The van der Waals surface area contributed by atoms with Crippen LogP contribution in [0.1, 0.15) is 47.0 Å². The first-order chi connectivity index (χ1) is 11.2. The van der Waals surface area contributed by atoms with E-state index in [1.54, 1.807) is 13.8 Å². The number of ether oxygens (including phenoxy) is 3. The number of hydrogen-bond donors (Lipinski definition) is 2.